The van der Waals surface area contributed by atoms with Crippen molar-refractivity contribution in [2.24, 2.45) is 5.92 Å². The second-order valence-electron chi connectivity index (χ2n) is 4.62. The van der Waals surface area contributed by atoms with Crippen molar-refractivity contribution in [3.63, 3.8) is 0 Å². The highest BCUT2D eigenvalue weighted by molar-refractivity contribution is 5.88. The highest BCUT2D eigenvalue weighted by Gasteiger charge is 2.32. The van der Waals surface area contributed by atoms with E-state index >= 15 is 0 Å². The minimum absolute atomic E-state index is 0.0401. The molecular formula is C11H20N2O2. The van der Waals surface area contributed by atoms with Crippen LogP contribution in [0.25, 0.3) is 0 Å². The average molecular weight is 212 g/mol. The predicted molar refractivity (Wildman–Crippen MR) is 58.3 cm³/mol. The van der Waals surface area contributed by atoms with Crippen LogP contribution in [0.5, 0.6) is 0 Å². The molecule has 1 aliphatic heterocycles. The zero-order valence-corrected chi connectivity index (χ0v) is 9.99. The van der Waals surface area contributed by atoms with Crippen molar-refractivity contribution in [1.82, 2.24) is 9.80 Å². The van der Waals surface area contributed by atoms with Crippen molar-refractivity contribution in [3.8, 4) is 0 Å². The molecule has 0 bridgehead atoms. The summed E-state index contributed by atoms with van der Waals surface area (Å²) in [5.74, 6) is 0.483. The maximum atomic E-state index is 11.8. The lowest BCUT2D eigenvalue weighted by molar-refractivity contribution is -0.149. The molecule has 1 saturated heterocycles. The van der Waals surface area contributed by atoms with E-state index in [-0.39, 0.29) is 17.9 Å². The fourth-order valence-corrected chi connectivity index (χ4v) is 1.82. The van der Waals surface area contributed by atoms with Crippen LogP contribution in [0.15, 0.2) is 0 Å². The summed E-state index contributed by atoms with van der Waals surface area (Å²) >= 11 is 0. The van der Waals surface area contributed by atoms with Gasteiger partial charge in [-0.25, -0.2) is 0 Å². The molecule has 1 rings (SSSR count). The number of hydrogen-bond acceptors (Lipinski definition) is 2. The standard InChI is InChI=1S/C11H20N2O2/c1-8(2)7-10(14)13-6-5-12(4)11(15)9(13)3/h8-9H,5-7H2,1-4H3. The average Bonchev–Trinajstić information content (AvgIpc) is 2.13. The summed E-state index contributed by atoms with van der Waals surface area (Å²) in [4.78, 5) is 26.9. The molecule has 4 nitrogen and oxygen atoms in total. The molecule has 1 atom stereocenters. The number of carbonyl (C=O) groups is 2. The smallest absolute Gasteiger partial charge is 0.244 e. The van der Waals surface area contributed by atoms with Gasteiger partial charge in [-0.3, -0.25) is 9.59 Å². The molecule has 0 spiro atoms. The van der Waals surface area contributed by atoms with Gasteiger partial charge in [0, 0.05) is 26.6 Å². The summed E-state index contributed by atoms with van der Waals surface area (Å²) in [7, 11) is 1.78. The first-order valence-corrected chi connectivity index (χ1v) is 5.48. The lowest BCUT2D eigenvalue weighted by atomic mass is 10.1. The largest absolute Gasteiger partial charge is 0.342 e. The first-order valence-electron chi connectivity index (χ1n) is 5.48. The maximum Gasteiger partial charge on any atom is 0.244 e. The number of nitrogens with zero attached hydrogens (tertiary/aromatic N) is 2. The van der Waals surface area contributed by atoms with E-state index in [1.54, 1.807) is 23.8 Å². The van der Waals surface area contributed by atoms with Crippen molar-refractivity contribution >= 4 is 11.8 Å². The summed E-state index contributed by atoms with van der Waals surface area (Å²) in [6, 6.07) is -0.296. The minimum atomic E-state index is -0.296. The van der Waals surface area contributed by atoms with Crippen molar-refractivity contribution in [2.45, 2.75) is 33.2 Å². The highest BCUT2D eigenvalue weighted by Crippen LogP contribution is 2.13. The van der Waals surface area contributed by atoms with E-state index in [2.05, 4.69) is 0 Å². The van der Waals surface area contributed by atoms with E-state index in [4.69, 9.17) is 0 Å². The third kappa shape index (κ3) is 2.70. The van der Waals surface area contributed by atoms with Crippen LogP contribution in [-0.4, -0.2) is 47.8 Å². The van der Waals surface area contributed by atoms with Gasteiger partial charge in [-0.05, 0) is 12.8 Å². The van der Waals surface area contributed by atoms with E-state index in [0.717, 1.165) is 0 Å². The predicted octanol–water partition coefficient (Wildman–Crippen LogP) is 0.722. The summed E-state index contributed by atoms with van der Waals surface area (Å²) in [5, 5.41) is 0. The van der Waals surface area contributed by atoms with Crippen molar-refractivity contribution in [3.05, 3.63) is 0 Å². The van der Waals surface area contributed by atoms with Gasteiger partial charge in [-0.15, -0.1) is 0 Å². The fourth-order valence-electron chi connectivity index (χ4n) is 1.82. The number of likely N-dealkylation sites (N-methyl/N-ethyl adjacent to an activating group) is 1. The second-order valence-corrected chi connectivity index (χ2v) is 4.62. The van der Waals surface area contributed by atoms with Crippen LogP contribution in [0.3, 0.4) is 0 Å². The Morgan fingerprint density at radius 2 is 2.07 bits per heavy atom. The molecule has 1 fully saturated rings. The Bertz CT molecular complexity index is 263. The molecule has 0 N–H and O–H groups in total. The highest BCUT2D eigenvalue weighted by atomic mass is 16.2. The van der Waals surface area contributed by atoms with E-state index in [1.165, 1.54) is 0 Å². The molecule has 0 aromatic heterocycles. The molecule has 0 saturated carbocycles. The molecule has 0 aliphatic carbocycles. The van der Waals surface area contributed by atoms with Crippen molar-refractivity contribution in [2.75, 3.05) is 20.1 Å². The maximum absolute atomic E-state index is 11.8. The normalized spacial score (nSPS) is 22.5. The monoisotopic (exact) mass is 212 g/mol. The molecule has 4 heteroatoms. The zero-order valence-electron chi connectivity index (χ0n) is 9.99. The summed E-state index contributed by atoms with van der Waals surface area (Å²) < 4.78 is 0. The summed E-state index contributed by atoms with van der Waals surface area (Å²) in [6.45, 7) is 7.14. The van der Waals surface area contributed by atoms with E-state index in [1.807, 2.05) is 13.8 Å². The third-order valence-electron chi connectivity index (χ3n) is 2.78. The SMILES string of the molecule is CC(C)CC(=O)N1CCN(C)C(=O)C1C. The molecule has 1 heterocycles. The Morgan fingerprint density at radius 3 is 2.60 bits per heavy atom. The van der Waals surface area contributed by atoms with Crippen LogP contribution in [0.4, 0.5) is 0 Å². The van der Waals surface area contributed by atoms with Crippen LogP contribution in [0, 0.1) is 5.92 Å². The van der Waals surface area contributed by atoms with Gasteiger partial charge in [0.2, 0.25) is 11.8 Å². The zero-order chi connectivity index (χ0) is 11.6. The summed E-state index contributed by atoms with van der Waals surface area (Å²) in [5.41, 5.74) is 0. The molecular weight excluding hydrogens is 192 g/mol. The first kappa shape index (κ1) is 12.0. The van der Waals surface area contributed by atoms with Crippen LogP contribution in [-0.2, 0) is 9.59 Å². The van der Waals surface area contributed by atoms with Gasteiger partial charge in [0.1, 0.15) is 6.04 Å². The van der Waals surface area contributed by atoms with E-state index in [9.17, 15) is 9.59 Å². The van der Waals surface area contributed by atoms with Crippen LogP contribution in [0.2, 0.25) is 0 Å². The molecule has 1 aliphatic rings. The van der Waals surface area contributed by atoms with Gasteiger partial charge < -0.3 is 9.80 Å². The quantitative estimate of drug-likeness (QED) is 0.677. The van der Waals surface area contributed by atoms with Gasteiger partial charge in [-0.1, -0.05) is 13.8 Å². The number of rotatable bonds is 2. The lowest BCUT2D eigenvalue weighted by Gasteiger charge is -2.37. The molecule has 0 aromatic rings. The second kappa shape index (κ2) is 4.64. The van der Waals surface area contributed by atoms with Gasteiger partial charge in [-0.2, -0.15) is 0 Å². The van der Waals surface area contributed by atoms with Gasteiger partial charge in [0.05, 0.1) is 0 Å². The Balaban J connectivity index is 2.63. The molecule has 0 aromatic carbocycles. The van der Waals surface area contributed by atoms with Crippen molar-refractivity contribution in [1.29, 1.82) is 0 Å². The number of piperazine rings is 1. The Morgan fingerprint density at radius 1 is 1.47 bits per heavy atom. The fraction of sp³-hybridized carbons (Fsp3) is 0.818. The lowest BCUT2D eigenvalue weighted by Crippen LogP contribution is -2.56. The number of hydrogen-bond donors (Lipinski definition) is 0. The number of amides is 2. The van der Waals surface area contributed by atoms with E-state index in [0.29, 0.717) is 25.4 Å². The van der Waals surface area contributed by atoms with Gasteiger partial charge in [0.15, 0.2) is 0 Å². The molecule has 2 amide bonds. The molecule has 0 radical (unpaired) electrons. The molecule has 86 valence electrons. The third-order valence-corrected chi connectivity index (χ3v) is 2.78. The van der Waals surface area contributed by atoms with Crippen LogP contribution >= 0.6 is 0 Å². The number of carbonyl (C=O) groups excluding carboxylic acids is 2. The first-order chi connectivity index (χ1) is 6.93. The van der Waals surface area contributed by atoms with Crippen LogP contribution in [0.1, 0.15) is 27.2 Å². The van der Waals surface area contributed by atoms with Gasteiger partial charge >= 0.3 is 0 Å². The minimum Gasteiger partial charge on any atom is -0.342 e. The topological polar surface area (TPSA) is 40.6 Å². The molecule has 1 unspecified atom stereocenters. The van der Waals surface area contributed by atoms with Crippen molar-refractivity contribution < 1.29 is 9.59 Å². The summed E-state index contributed by atoms with van der Waals surface area (Å²) in [6.07, 6.45) is 0.529. The van der Waals surface area contributed by atoms with Gasteiger partial charge in [0.25, 0.3) is 0 Å². The van der Waals surface area contributed by atoms with E-state index < -0.39 is 0 Å². The Hall–Kier alpha value is -1.06. The Labute approximate surface area is 91.2 Å². The Kier molecular flexibility index (Phi) is 3.72. The van der Waals surface area contributed by atoms with Crippen LogP contribution < -0.4 is 0 Å². The molecule has 15 heavy (non-hydrogen) atoms.